The van der Waals surface area contributed by atoms with Gasteiger partial charge in [-0.3, -0.25) is 20.3 Å². The number of imide groups is 1. The number of carbonyl (C=O) groups excluding carboxylic acids is 2. The fourth-order valence-corrected chi connectivity index (χ4v) is 1.75. The second-order valence-electron chi connectivity index (χ2n) is 3.93. The fourth-order valence-electron chi connectivity index (χ4n) is 1.75. The highest BCUT2D eigenvalue weighted by molar-refractivity contribution is 6.07. The van der Waals surface area contributed by atoms with Crippen LogP contribution in [0, 0.1) is 5.41 Å². The van der Waals surface area contributed by atoms with Crippen LogP contribution < -0.4 is 5.32 Å². The average Bonchev–Trinajstić information content (AvgIpc) is 2.34. The quantitative estimate of drug-likeness (QED) is 0.416. The van der Waals surface area contributed by atoms with Crippen LogP contribution in [0.3, 0.4) is 0 Å². The monoisotopic (exact) mass is 231 g/mol. The van der Waals surface area contributed by atoms with Gasteiger partial charge >= 0.3 is 0 Å². The normalized spacial score (nSPS) is 20.1. The van der Waals surface area contributed by atoms with Crippen LogP contribution in [-0.2, 0) is 9.59 Å². The predicted octanol–water partition coefficient (Wildman–Crippen LogP) is 0.359. The molecule has 17 heavy (non-hydrogen) atoms. The number of amidine groups is 1. The van der Waals surface area contributed by atoms with E-state index in [1.807, 2.05) is 18.2 Å². The highest BCUT2D eigenvalue weighted by Crippen LogP contribution is 2.11. The summed E-state index contributed by atoms with van der Waals surface area (Å²) >= 11 is 0. The van der Waals surface area contributed by atoms with Crippen LogP contribution in [0.15, 0.2) is 30.3 Å². The van der Waals surface area contributed by atoms with Crippen LogP contribution >= 0.6 is 0 Å². The molecule has 0 radical (unpaired) electrons. The number of benzene rings is 1. The number of hydrogen-bond acceptors (Lipinski definition) is 3. The minimum Gasteiger partial charge on any atom is -0.336 e. The third-order valence-electron chi connectivity index (χ3n) is 2.76. The number of nitrogens with one attached hydrogen (secondary N) is 2. The van der Waals surface area contributed by atoms with Crippen molar-refractivity contribution in [2.45, 2.75) is 13.0 Å². The molecule has 1 unspecified atom stereocenters. The van der Waals surface area contributed by atoms with E-state index >= 15 is 0 Å². The van der Waals surface area contributed by atoms with Crippen molar-refractivity contribution < 1.29 is 9.59 Å². The maximum atomic E-state index is 11.5. The average molecular weight is 231 g/mol. The number of nitrogens with zero attached hydrogens (tertiary/aromatic N) is 1. The highest BCUT2D eigenvalue weighted by Gasteiger charge is 2.32. The van der Waals surface area contributed by atoms with Crippen molar-refractivity contribution in [3.8, 4) is 0 Å². The molecule has 2 rings (SSSR count). The largest absolute Gasteiger partial charge is 0.336 e. The molecule has 1 aromatic carbocycles. The zero-order valence-corrected chi connectivity index (χ0v) is 9.43. The molecule has 1 aliphatic heterocycles. The highest BCUT2D eigenvalue weighted by atomic mass is 16.2. The van der Waals surface area contributed by atoms with Gasteiger partial charge in [-0.05, 0) is 6.92 Å². The molecule has 1 aliphatic rings. The zero-order chi connectivity index (χ0) is 12.4. The van der Waals surface area contributed by atoms with E-state index in [0.29, 0.717) is 5.56 Å². The zero-order valence-electron chi connectivity index (χ0n) is 9.43. The number of rotatable bonds is 1. The number of carbonyl (C=O) groups is 2. The summed E-state index contributed by atoms with van der Waals surface area (Å²) in [5.74, 6) is -0.531. The third kappa shape index (κ3) is 2.18. The molecule has 1 fully saturated rings. The van der Waals surface area contributed by atoms with Crippen LogP contribution in [0.1, 0.15) is 12.5 Å². The summed E-state index contributed by atoms with van der Waals surface area (Å²) in [5, 5.41) is 10.3. The van der Waals surface area contributed by atoms with Crippen molar-refractivity contribution in [1.82, 2.24) is 10.2 Å². The minimum atomic E-state index is -0.500. The lowest BCUT2D eigenvalue weighted by Gasteiger charge is -2.33. The lowest BCUT2D eigenvalue weighted by atomic mass is 10.1. The van der Waals surface area contributed by atoms with Gasteiger partial charge in [0.2, 0.25) is 11.8 Å². The Morgan fingerprint density at radius 2 is 2.00 bits per heavy atom. The molecule has 88 valence electrons. The van der Waals surface area contributed by atoms with Gasteiger partial charge in [0, 0.05) is 5.56 Å². The van der Waals surface area contributed by atoms with Gasteiger partial charge in [0.1, 0.15) is 11.9 Å². The standard InChI is InChI=1S/C12H13N3O2/c1-8-12(17)14-10(16)7-15(8)11(13)9-5-3-2-4-6-9/h2-6,8,13H,7H2,1H3,(H,14,16,17). The smallest absolute Gasteiger partial charge is 0.249 e. The van der Waals surface area contributed by atoms with Crippen molar-refractivity contribution in [2.75, 3.05) is 6.54 Å². The SMILES string of the molecule is CC1C(=O)NC(=O)CN1C(=N)c1ccccc1. The van der Waals surface area contributed by atoms with E-state index in [0.717, 1.165) is 0 Å². The van der Waals surface area contributed by atoms with E-state index in [2.05, 4.69) is 5.32 Å². The molecule has 0 bridgehead atoms. The summed E-state index contributed by atoms with van der Waals surface area (Å²) in [6.45, 7) is 1.72. The molecular formula is C12H13N3O2. The topological polar surface area (TPSA) is 73.3 Å². The van der Waals surface area contributed by atoms with Crippen molar-refractivity contribution in [2.24, 2.45) is 0 Å². The summed E-state index contributed by atoms with van der Waals surface area (Å²) < 4.78 is 0. The van der Waals surface area contributed by atoms with Gasteiger partial charge in [-0.15, -0.1) is 0 Å². The first kappa shape index (κ1) is 11.3. The Balaban J connectivity index is 2.24. The third-order valence-corrected chi connectivity index (χ3v) is 2.76. The first-order chi connectivity index (χ1) is 8.09. The van der Waals surface area contributed by atoms with Crippen LogP contribution in [0.2, 0.25) is 0 Å². The molecule has 0 spiro atoms. The molecule has 2 N–H and O–H groups in total. The Labute approximate surface area is 98.9 Å². The Morgan fingerprint density at radius 3 is 2.65 bits per heavy atom. The number of piperazine rings is 1. The number of amides is 2. The van der Waals surface area contributed by atoms with Gasteiger partial charge in [0.25, 0.3) is 0 Å². The Hall–Kier alpha value is -2.17. The lowest BCUT2D eigenvalue weighted by molar-refractivity contribution is -0.137. The minimum absolute atomic E-state index is 0.0423. The molecule has 2 amide bonds. The van der Waals surface area contributed by atoms with Crippen molar-refractivity contribution in [3.63, 3.8) is 0 Å². The molecule has 1 saturated heterocycles. The second-order valence-corrected chi connectivity index (χ2v) is 3.93. The summed E-state index contributed by atoms with van der Waals surface area (Å²) in [6.07, 6.45) is 0. The molecule has 0 aromatic heterocycles. The summed E-state index contributed by atoms with van der Waals surface area (Å²) in [6, 6.07) is 8.56. The van der Waals surface area contributed by atoms with Crippen LogP contribution in [0.4, 0.5) is 0 Å². The van der Waals surface area contributed by atoms with Gasteiger partial charge < -0.3 is 4.90 Å². The van der Waals surface area contributed by atoms with E-state index < -0.39 is 6.04 Å². The summed E-state index contributed by atoms with van der Waals surface area (Å²) in [5.41, 5.74) is 0.696. The molecule has 1 heterocycles. The molecule has 1 atom stereocenters. The first-order valence-corrected chi connectivity index (χ1v) is 5.34. The second kappa shape index (κ2) is 4.37. The van der Waals surface area contributed by atoms with Crippen LogP contribution in [0.5, 0.6) is 0 Å². The van der Waals surface area contributed by atoms with E-state index in [9.17, 15) is 9.59 Å². The van der Waals surface area contributed by atoms with Gasteiger partial charge in [-0.25, -0.2) is 0 Å². The number of hydrogen-bond donors (Lipinski definition) is 2. The maximum Gasteiger partial charge on any atom is 0.249 e. The molecule has 5 nitrogen and oxygen atoms in total. The Morgan fingerprint density at radius 1 is 1.35 bits per heavy atom. The van der Waals surface area contributed by atoms with Crippen LogP contribution in [-0.4, -0.2) is 35.1 Å². The Kier molecular flexibility index (Phi) is 2.91. The van der Waals surface area contributed by atoms with E-state index in [1.165, 1.54) is 4.90 Å². The van der Waals surface area contributed by atoms with Crippen LogP contribution in [0.25, 0.3) is 0 Å². The van der Waals surface area contributed by atoms with Gasteiger partial charge in [0.15, 0.2) is 0 Å². The van der Waals surface area contributed by atoms with E-state index in [1.54, 1.807) is 19.1 Å². The molecule has 0 saturated carbocycles. The van der Waals surface area contributed by atoms with E-state index in [4.69, 9.17) is 5.41 Å². The van der Waals surface area contributed by atoms with Crippen molar-refractivity contribution >= 4 is 17.6 Å². The first-order valence-electron chi connectivity index (χ1n) is 5.34. The van der Waals surface area contributed by atoms with Crippen molar-refractivity contribution in [1.29, 1.82) is 5.41 Å². The molecular weight excluding hydrogens is 218 g/mol. The summed E-state index contributed by atoms with van der Waals surface area (Å²) in [4.78, 5) is 24.3. The molecule has 5 heteroatoms. The van der Waals surface area contributed by atoms with Gasteiger partial charge in [0.05, 0.1) is 6.54 Å². The molecule has 0 aliphatic carbocycles. The van der Waals surface area contributed by atoms with E-state index in [-0.39, 0.29) is 24.2 Å². The lowest BCUT2D eigenvalue weighted by Crippen LogP contribution is -2.58. The van der Waals surface area contributed by atoms with Crippen molar-refractivity contribution in [3.05, 3.63) is 35.9 Å². The maximum absolute atomic E-state index is 11.5. The Bertz CT molecular complexity index is 470. The van der Waals surface area contributed by atoms with Gasteiger partial charge in [-0.1, -0.05) is 30.3 Å². The predicted molar refractivity (Wildman–Crippen MR) is 62.6 cm³/mol. The van der Waals surface area contributed by atoms with Gasteiger partial charge in [-0.2, -0.15) is 0 Å². The fraction of sp³-hybridized carbons (Fsp3) is 0.250. The summed E-state index contributed by atoms with van der Waals surface area (Å²) in [7, 11) is 0. The molecule has 1 aromatic rings.